The molecule has 0 atom stereocenters. The van der Waals surface area contributed by atoms with E-state index in [0.717, 1.165) is 27.2 Å². The van der Waals surface area contributed by atoms with Gasteiger partial charge in [0.25, 0.3) is 5.91 Å². The van der Waals surface area contributed by atoms with E-state index in [9.17, 15) is 9.59 Å². The number of rotatable bonds is 4. The summed E-state index contributed by atoms with van der Waals surface area (Å²) in [6.45, 7) is 4.05. The molecule has 0 radical (unpaired) electrons. The maximum Gasteiger partial charge on any atom is 0.252 e. The molecule has 2 heterocycles. The van der Waals surface area contributed by atoms with Gasteiger partial charge in [-0.2, -0.15) is 0 Å². The predicted molar refractivity (Wildman–Crippen MR) is 101 cm³/mol. The number of carbonyl (C=O) groups excluding carboxylic acids is 2. The number of benzene rings is 1. The first kappa shape index (κ1) is 16.6. The molecular formula is C19H17NO2S2. The van der Waals surface area contributed by atoms with Crippen LogP contribution >= 0.6 is 22.7 Å². The van der Waals surface area contributed by atoms with Crippen LogP contribution < -0.4 is 5.32 Å². The summed E-state index contributed by atoms with van der Waals surface area (Å²) in [4.78, 5) is 28.7. The molecule has 1 N–H and O–H groups in total. The van der Waals surface area contributed by atoms with Crippen LogP contribution in [-0.4, -0.2) is 19.2 Å². The highest BCUT2D eigenvalue weighted by Crippen LogP contribution is 2.37. The number of carbonyl (C=O) groups is 2. The third-order valence-corrected chi connectivity index (χ3v) is 5.90. The number of hydrogen-bond acceptors (Lipinski definition) is 4. The van der Waals surface area contributed by atoms with Crippen molar-refractivity contribution in [3.05, 3.63) is 57.3 Å². The largest absolute Gasteiger partial charge is 0.355 e. The molecule has 0 aliphatic rings. The van der Waals surface area contributed by atoms with Crippen molar-refractivity contribution in [3.8, 4) is 20.9 Å². The number of aldehydes is 1. The third-order valence-electron chi connectivity index (χ3n) is 3.83. The van der Waals surface area contributed by atoms with Gasteiger partial charge >= 0.3 is 0 Å². The van der Waals surface area contributed by atoms with E-state index in [0.29, 0.717) is 11.1 Å². The maximum atomic E-state index is 12.5. The van der Waals surface area contributed by atoms with Crippen LogP contribution in [0.1, 0.15) is 30.5 Å². The third kappa shape index (κ3) is 2.92. The predicted octanol–water partition coefficient (Wildman–Crippen LogP) is 4.93. The minimum absolute atomic E-state index is 0.242. The van der Waals surface area contributed by atoms with Gasteiger partial charge in [0, 0.05) is 43.2 Å². The van der Waals surface area contributed by atoms with Crippen LogP contribution in [0.15, 0.2) is 36.4 Å². The summed E-state index contributed by atoms with van der Waals surface area (Å²) in [6.07, 6.45) is 0.791. The Hall–Kier alpha value is -2.24. The molecule has 0 aliphatic heterocycles. The van der Waals surface area contributed by atoms with Crippen LogP contribution in [-0.2, 0) is 0 Å². The summed E-state index contributed by atoms with van der Waals surface area (Å²) in [5.74, 6) is -0.242. The van der Waals surface area contributed by atoms with Crippen molar-refractivity contribution in [2.24, 2.45) is 0 Å². The number of hydrogen-bond donors (Lipinski definition) is 1. The van der Waals surface area contributed by atoms with Crippen molar-refractivity contribution in [3.63, 3.8) is 0 Å². The fourth-order valence-corrected chi connectivity index (χ4v) is 4.50. The molecule has 0 spiro atoms. The molecule has 3 nitrogen and oxygen atoms in total. The normalized spacial score (nSPS) is 10.6. The lowest BCUT2D eigenvalue weighted by Crippen LogP contribution is -2.21. The van der Waals surface area contributed by atoms with Gasteiger partial charge < -0.3 is 5.32 Å². The lowest BCUT2D eigenvalue weighted by molar-refractivity contribution is 0.0958. The van der Waals surface area contributed by atoms with E-state index >= 15 is 0 Å². The van der Waals surface area contributed by atoms with E-state index in [1.807, 2.05) is 50.2 Å². The number of nitrogens with one attached hydrogen (secondary N) is 1. The summed E-state index contributed by atoms with van der Waals surface area (Å²) in [5, 5.41) is 2.67. The molecule has 1 aromatic carbocycles. The van der Waals surface area contributed by atoms with Crippen LogP contribution in [0.2, 0.25) is 0 Å². The van der Waals surface area contributed by atoms with Crippen molar-refractivity contribution in [2.45, 2.75) is 13.8 Å². The van der Waals surface area contributed by atoms with E-state index in [-0.39, 0.29) is 5.91 Å². The molecule has 2 aromatic heterocycles. The first-order valence-corrected chi connectivity index (χ1v) is 9.16. The van der Waals surface area contributed by atoms with Gasteiger partial charge in [0.05, 0.1) is 5.56 Å². The summed E-state index contributed by atoms with van der Waals surface area (Å²) >= 11 is 3.23. The Bertz CT molecular complexity index is 921. The van der Waals surface area contributed by atoms with E-state index in [1.54, 1.807) is 29.7 Å². The topological polar surface area (TPSA) is 46.2 Å². The minimum Gasteiger partial charge on any atom is -0.355 e. The maximum absolute atomic E-state index is 12.5. The molecule has 24 heavy (non-hydrogen) atoms. The Kier molecular flexibility index (Phi) is 4.64. The zero-order valence-electron chi connectivity index (χ0n) is 13.7. The van der Waals surface area contributed by atoms with Gasteiger partial charge in [-0.15, -0.1) is 22.7 Å². The quantitative estimate of drug-likeness (QED) is 0.674. The second-order valence-corrected chi connectivity index (χ2v) is 8.04. The molecule has 0 aliphatic carbocycles. The molecule has 0 unspecified atom stereocenters. The Balaban J connectivity index is 2.29. The summed E-state index contributed by atoms with van der Waals surface area (Å²) < 4.78 is 0. The molecule has 5 heteroatoms. The Labute approximate surface area is 149 Å². The first-order valence-electron chi connectivity index (χ1n) is 7.53. The van der Waals surface area contributed by atoms with Gasteiger partial charge in [-0.1, -0.05) is 12.1 Å². The van der Waals surface area contributed by atoms with Crippen LogP contribution in [0, 0.1) is 13.8 Å². The molecule has 0 fully saturated rings. The van der Waals surface area contributed by atoms with Crippen molar-refractivity contribution in [2.75, 3.05) is 7.05 Å². The second kappa shape index (κ2) is 6.71. The van der Waals surface area contributed by atoms with Crippen LogP contribution in [0.4, 0.5) is 0 Å². The van der Waals surface area contributed by atoms with Crippen LogP contribution in [0.5, 0.6) is 0 Å². The van der Waals surface area contributed by atoms with Gasteiger partial charge in [-0.05, 0) is 38.1 Å². The highest BCUT2D eigenvalue weighted by atomic mass is 32.1. The monoisotopic (exact) mass is 355 g/mol. The average molecular weight is 355 g/mol. The fourth-order valence-electron chi connectivity index (χ4n) is 2.69. The van der Waals surface area contributed by atoms with E-state index in [4.69, 9.17) is 0 Å². The molecule has 1 amide bonds. The average Bonchev–Trinajstić information content (AvgIpc) is 3.21. The van der Waals surface area contributed by atoms with Crippen molar-refractivity contribution in [1.82, 2.24) is 5.32 Å². The van der Waals surface area contributed by atoms with E-state index < -0.39 is 0 Å². The highest BCUT2D eigenvalue weighted by Gasteiger charge is 2.21. The van der Waals surface area contributed by atoms with Crippen LogP contribution in [0.3, 0.4) is 0 Å². The van der Waals surface area contributed by atoms with Gasteiger partial charge in [-0.3, -0.25) is 9.59 Å². The minimum atomic E-state index is -0.242. The van der Waals surface area contributed by atoms with Crippen LogP contribution in [0.25, 0.3) is 20.9 Å². The number of thiophene rings is 2. The van der Waals surface area contributed by atoms with E-state index in [1.165, 1.54) is 9.75 Å². The van der Waals surface area contributed by atoms with Crippen molar-refractivity contribution in [1.29, 1.82) is 0 Å². The van der Waals surface area contributed by atoms with Gasteiger partial charge in [0.1, 0.15) is 0 Å². The molecule has 122 valence electrons. The zero-order valence-corrected chi connectivity index (χ0v) is 15.3. The smallest absolute Gasteiger partial charge is 0.252 e. The lowest BCUT2D eigenvalue weighted by Gasteiger charge is -2.13. The Morgan fingerprint density at radius 3 is 1.92 bits per heavy atom. The molecule has 0 saturated carbocycles. The molecule has 0 saturated heterocycles. The van der Waals surface area contributed by atoms with Gasteiger partial charge in [0.2, 0.25) is 0 Å². The number of aryl methyl sites for hydroxylation is 2. The van der Waals surface area contributed by atoms with Crippen molar-refractivity contribution < 1.29 is 9.59 Å². The van der Waals surface area contributed by atoms with Gasteiger partial charge in [-0.25, -0.2) is 0 Å². The zero-order chi connectivity index (χ0) is 17.3. The molecule has 0 bridgehead atoms. The molecule has 3 aromatic rings. The first-order chi connectivity index (χ1) is 11.5. The summed E-state index contributed by atoms with van der Waals surface area (Å²) in [5.41, 5.74) is 2.49. The Morgan fingerprint density at radius 1 is 0.917 bits per heavy atom. The second-order valence-electron chi connectivity index (χ2n) is 5.47. The van der Waals surface area contributed by atoms with E-state index in [2.05, 4.69) is 5.32 Å². The fraction of sp³-hybridized carbons (Fsp3) is 0.158. The summed E-state index contributed by atoms with van der Waals surface area (Å²) in [6, 6.07) is 11.9. The SMILES string of the molecule is CNC(=O)c1c(-c2ccc(C)s2)ccc(-c2ccc(C)s2)c1C=O. The number of amides is 1. The van der Waals surface area contributed by atoms with Crippen molar-refractivity contribution >= 4 is 34.9 Å². The Morgan fingerprint density at radius 2 is 1.46 bits per heavy atom. The van der Waals surface area contributed by atoms with Gasteiger partial charge in [0.15, 0.2) is 6.29 Å². The lowest BCUT2D eigenvalue weighted by atomic mass is 9.94. The molecule has 3 rings (SSSR count). The highest BCUT2D eigenvalue weighted by molar-refractivity contribution is 7.15. The molecular weight excluding hydrogens is 338 g/mol. The standard InChI is InChI=1S/C19H17NO2S2/c1-11-4-8-16(23-11)13-6-7-14(17-9-5-12(2)24-17)18(15(13)10-21)19(22)20-3/h4-10H,1-3H3,(H,20,22). The summed E-state index contributed by atoms with van der Waals surface area (Å²) in [7, 11) is 1.59.